The number of carboxylic acid groups (broad SMARTS) is 1. The molecule has 0 bridgehead atoms. The van der Waals surface area contributed by atoms with E-state index in [9.17, 15) is 14.4 Å². The molecule has 1 aromatic rings. The van der Waals surface area contributed by atoms with E-state index >= 15 is 0 Å². The molecule has 0 aromatic heterocycles. The molecule has 1 aliphatic carbocycles. The van der Waals surface area contributed by atoms with Gasteiger partial charge in [0.2, 0.25) is 6.29 Å². The minimum Gasteiger partial charge on any atom is -0.480 e. The molecule has 2 N–H and O–H groups in total. The van der Waals surface area contributed by atoms with Gasteiger partial charge in [-0.25, -0.2) is 9.59 Å². The van der Waals surface area contributed by atoms with E-state index in [0.29, 0.717) is 19.3 Å². The zero-order chi connectivity index (χ0) is 16.9. The number of carbonyl (C=O) groups excluding carboxylic acids is 2. The number of hydrogen-bond donors (Lipinski definition) is 2. The number of carboxylic acids is 1. The van der Waals surface area contributed by atoms with Gasteiger partial charge in [0, 0.05) is 13.3 Å². The Labute approximate surface area is 133 Å². The minimum atomic E-state index is -1.23. The highest BCUT2D eigenvalue weighted by Gasteiger charge is 2.52. The number of aryl methyl sites for hydroxylation is 1. The van der Waals surface area contributed by atoms with Gasteiger partial charge in [0.1, 0.15) is 5.54 Å². The minimum absolute atomic E-state index is 0.165. The molecule has 7 heteroatoms. The monoisotopic (exact) mass is 321 g/mol. The van der Waals surface area contributed by atoms with Crippen molar-refractivity contribution < 1.29 is 29.0 Å². The number of carbonyl (C=O) groups is 3. The molecular weight excluding hydrogens is 302 g/mol. The number of esters is 1. The van der Waals surface area contributed by atoms with Gasteiger partial charge in [0.25, 0.3) is 0 Å². The average molecular weight is 321 g/mol. The number of alkyl carbamates (subject to hydrolysis) is 1. The van der Waals surface area contributed by atoms with Crippen LogP contribution in [0.2, 0.25) is 0 Å². The number of ether oxygens (including phenoxy) is 2. The van der Waals surface area contributed by atoms with E-state index in [1.165, 1.54) is 6.92 Å². The Morgan fingerprint density at radius 1 is 1.22 bits per heavy atom. The Kier molecular flexibility index (Phi) is 5.20. The first-order valence-corrected chi connectivity index (χ1v) is 7.37. The zero-order valence-corrected chi connectivity index (χ0v) is 12.8. The standard InChI is InChI=1S/C16H19NO6/c1-11(23-15(21)17-16(9-10-16)14(19)20)22-13(18)8-7-12-5-3-2-4-6-12/h2-6,11H,7-10H2,1H3,(H,17,21)(H,19,20). The smallest absolute Gasteiger partial charge is 0.411 e. The lowest BCUT2D eigenvalue weighted by Crippen LogP contribution is -2.44. The highest BCUT2D eigenvalue weighted by molar-refractivity contribution is 5.87. The van der Waals surface area contributed by atoms with Gasteiger partial charge in [-0.2, -0.15) is 0 Å². The molecule has 0 radical (unpaired) electrons. The second-order valence-electron chi connectivity index (χ2n) is 5.46. The normalized spacial score (nSPS) is 16.0. The van der Waals surface area contributed by atoms with Crippen LogP contribution in [-0.2, 0) is 25.5 Å². The van der Waals surface area contributed by atoms with E-state index in [4.69, 9.17) is 14.6 Å². The van der Waals surface area contributed by atoms with E-state index in [-0.39, 0.29) is 6.42 Å². The van der Waals surface area contributed by atoms with Crippen LogP contribution in [0.15, 0.2) is 30.3 Å². The third kappa shape index (κ3) is 4.98. The molecule has 1 saturated carbocycles. The number of hydrogen-bond acceptors (Lipinski definition) is 5. The number of amides is 1. The molecule has 2 rings (SSSR count). The van der Waals surface area contributed by atoms with E-state index < -0.39 is 29.9 Å². The SMILES string of the molecule is CC(OC(=O)CCc1ccccc1)OC(=O)NC1(C(=O)O)CC1. The summed E-state index contributed by atoms with van der Waals surface area (Å²) >= 11 is 0. The van der Waals surface area contributed by atoms with Crippen molar-refractivity contribution in [2.75, 3.05) is 0 Å². The largest absolute Gasteiger partial charge is 0.480 e. The first-order chi connectivity index (χ1) is 10.9. The van der Waals surface area contributed by atoms with Gasteiger partial charge in [-0.05, 0) is 24.8 Å². The quantitative estimate of drug-likeness (QED) is 0.587. The maximum Gasteiger partial charge on any atom is 0.411 e. The molecule has 1 unspecified atom stereocenters. The van der Waals surface area contributed by atoms with Gasteiger partial charge in [-0.15, -0.1) is 0 Å². The molecule has 23 heavy (non-hydrogen) atoms. The third-order valence-electron chi connectivity index (χ3n) is 3.53. The Balaban J connectivity index is 1.69. The molecule has 0 heterocycles. The lowest BCUT2D eigenvalue weighted by atomic mass is 10.1. The molecule has 124 valence electrons. The van der Waals surface area contributed by atoms with E-state index in [1.54, 1.807) is 0 Å². The lowest BCUT2D eigenvalue weighted by Gasteiger charge is -2.17. The van der Waals surface area contributed by atoms with Gasteiger partial charge in [0.15, 0.2) is 0 Å². The summed E-state index contributed by atoms with van der Waals surface area (Å²) in [6.07, 6.45) is -0.569. The number of rotatable bonds is 7. The summed E-state index contributed by atoms with van der Waals surface area (Å²) in [5.41, 5.74) is -0.221. The molecular formula is C16H19NO6. The van der Waals surface area contributed by atoms with Crippen molar-refractivity contribution in [3.05, 3.63) is 35.9 Å². The van der Waals surface area contributed by atoms with Crippen LogP contribution in [0.25, 0.3) is 0 Å². The van der Waals surface area contributed by atoms with Gasteiger partial charge in [0.05, 0.1) is 0 Å². The molecule has 1 aromatic carbocycles. The summed E-state index contributed by atoms with van der Waals surface area (Å²) in [4.78, 5) is 34.2. The number of aliphatic carboxylic acids is 1. The third-order valence-corrected chi connectivity index (χ3v) is 3.53. The van der Waals surface area contributed by atoms with E-state index in [0.717, 1.165) is 5.56 Å². The van der Waals surface area contributed by atoms with Crippen LogP contribution in [0.1, 0.15) is 31.7 Å². The maximum absolute atomic E-state index is 11.7. The van der Waals surface area contributed by atoms with Gasteiger partial charge >= 0.3 is 18.0 Å². The molecule has 7 nitrogen and oxygen atoms in total. The molecule has 1 aliphatic rings. The molecule has 1 atom stereocenters. The fraction of sp³-hybridized carbons (Fsp3) is 0.438. The average Bonchev–Trinajstić information content (AvgIpc) is 3.26. The van der Waals surface area contributed by atoms with Crippen molar-refractivity contribution in [2.45, 2.75) is 44.4 Å². The van der Waals surface area contributed by atoms with Crippen LogP contribution < -0.4 is 5.32 Å². The number of nitrogens with one attached hydrogen (secondary N) is 1. The van der Waals surface area contributed by atoms with Crippen LogP contribution in [0.5, 0.6) is 0 Å². The highest BCUT2D eigenvalue weighted by atomic mass is 16.7. The molecule has 1 fully saturated rings. The Bertz CT molecular complexity index is 581. The van der Waals surface area contributed by atoms with Gasteiger partial charge < -0.3 is 19.9 Å². The van der Waals surface area contributed by atoms with Crippen LogP contribution in [0, 0.1) is 0 Å². The summed E-state index contributed by atoms with van der Waals surface area (Å²) in [5.74, 6) is -1.59. The van der Waals surface area contributed by atoms with Crippen LogP contribution in [-0.4, -0.2) is 35.0 Å². The second-order valence-corrected chi connectivity index (χ2v) is 5.46. The van der Waals surface area contributed by atoms with Gasteiger partial charge in [-0.1, -0.05) is 30.3 Å². The van der Waals surface area contributed by atoms with Crippen LogP contribution >= 0.6 is 0 Å². The molecule has 0 spiro atoms. The summed E-state index contributed by atoms with van der Waals surface area (Å²) < 4.78 is 9.81. The predicted octanol–water partition coefficient (Wildman–Crippen LogP) is 1.85. The van der Waals surface area contributed by atoms with Crippen LogP contribution in [0.4, 0.5) is 4.79 Å². The zero-order valence-electron chi connectivity index (χ0n) is 12.8. The highest BCUT2D eigenvalue weighted by Crippen LogP contribution is 2.35. The van der Waals surface area contributed by atoms with Crippen molar-refractivity contribution in [1.82, 2.24) is 5.32 Å². The van der Waals surface area contributed by atoms with Crippen molar-refractivity contribution in [3.8, 4) is 0 Å². The van der Waals surface area contributed by atoms with Crippen molar-refractivity contribution in [3.63, 3.8) is 0 Å². The van der Waals surface area contributed by atoms with E-state index in [2.05, 4.69) is 5.32 Å². The van der Waals surface area contributed by atoms with Crippen molar-refractivity contribution in [1.29, 1.82) is 0 Å². The topological polar surface area (TPSA) is 102 Å². The molecule has 0 aliphatic heterocycles. The summed E-state index contributed by atoms with van der Waals surface area (Å²) in [7, 11) is 0. The Morgan fingerprint density at radius 3 is 2.43 bits per heavy atom. The molecule has 0 saturated heterocycles. The summed E-state index contributed by atoms with van der Waals surface area (Å²) in [6, 6.07) is 9.46. The van der Waals surface area contributed by atoms with Crippen molar-refractivity contribution in [2.24, 2.45) is 0 Å². The molecule has 1 amide bonds. The summed E-state index contributed by atoms with van der Waals surface area (Å²) in [5, 5.41) is 11.2. The lowest BCUT2D eigenvalue weighted by molar-refractivity contribution is -0.165. The van der Waals surface area contributed by atoms with Crippen LogP contribution in [0.3, 0.4) is 0 Å². The number of benzene rings is 1. The maximum atomic E-state index is 11.7. The summed E-state index contributed by atoms with van der Waals surface area (Å²) in [6.45, 7) is 1.40. The Hall–Kier alpha value is -2.57. The fourth-order valence-corrected chi connectivity index (χ4v) is 2.05. The first-order valence-electron chi connectivity index (χ1n) is 7.37. The second kappa shape index (κ2) is 7.13. The van der Waals surface area contributed by atoms with E-state index in [1.807, 2.05) is 30.3 Å². The van der Waals surface area contributed by atoms with Gasteiger partial charge in [-0.3, -0.25) is 4.79 Å². The van der Waals surface area contributed by atoms with Crippen molar-refractivity contribution >= 4 is 18.0 Å². The Morgan fingerprint density at radius 2 is 1.87 bits per heavy atom. The fourth-order valence-electron chi connectivity index (χ4n) is 2.05. The first kappa shape index (κ1) is 16.8. The predicted molar refractivity (Wildman–Crippen MR) is 79.5 cm³/mol.